The zero-order valence-electron chi connectivity index (χ0n) is 8.39. The normalized spacial score (nSPS) is 10.3. The van der Waals surface area contributed by atoms with Gasteiger partial charge in [-0.25, -0.2) is 0 Å². The van der Waals surface area contributed by atoms with Gasteiger partial charge in [0.25, 0.3) is 0 Å². The van der Waals surface area contributed by atoms with Crippen LogP contribution in [0.3, 0.4) is 0 Å². The minimum absolute atomic E-state index is 0. The standard InChI is InChI=1S/C12H17.Al.3H/c1-9(2)11-6-5-7-12(8-11)10(3)4;;;;/h5-6,8-10H,1-4H3;;;;. The van der Waals surface area contributed by atoms with Crippen molar-refractivity contribution in [1.82, 2.24) is 0 Å². The molecule has 0 aliphatic carbocycles. The molecule has 0 atom stereocenters. The topological polar surface area (TPSA) is 0 Å². The average molecular weight is 191 g/mol. The molecule has 0 saturated heterocycles. The molecule has 0 spiro atoms. The van der Waals surface area contributed by atoms with Gasteiger partial charge in [0.2, 0.25) is 0 Å². The van der Waals surface area contributed by atoms with Crippen LogP contribution < -0.4 is 0 Å². The maximum Gasteiger partial charge on any atom is 0.187 e. The van der Waals surface area contributed by atoms with Crippen LogP contribution in [0.5, 0.6) is 0 Å². The van der Waals surface area contributed by atoms with Crippen LogP contribution in [-0.2, 0) is 0 Å². The highest BCUT2D eigenvalue weighted by Gasteiger charge is 2.02. The second-order valence-electron chi connectivity index (χ2n) is 3.89. The Kier molecular flexibility index (Phi) is 5.37. The van der Waals surface area contributed by atoms with Gasteiger partial charge in [0.15, 0.2) is 17.4 Å². The van der Waals surface area contributed by atoms with E-state index in [4.69, 9.17) is 0 Å². The summed E-state index contributed by atoms with van der Waals surface area (Å²) in [5.41, 5.74) is 2.73. The Morgan fingerprint density at radius 1 is 1.08 bits per heavy atom. The molecule has 0 aliphatic rings. The summed E-state index contributed by atoms with van der Waals surface area (Å²) in [4.78, 5) is 0. The SMILES string of the molecule is CC(C)c1[c]ccc(C(C)C)c1.[AlH3]. The van der Waals surface area contributed by atoms with Gasteiger partial charge in [-0.3, -0.25) is 0 Å². The molecule has 1 rings (SSSR count). The molecular formula is C12H20Al. The smallest absolute Gasteiger partial charge is 0.0587 e. The molecule has 0 bridgehead atoms. The maximum absolute atomic E-state index is 3.26. The lowest BCUT2D eigenvalue weighted by Gasteiger charge is -2.09. The molecule has 13 heavy (non-hydrogen) atoms. The first-order valence-corrected chi connectivity index (χ1v) is 4.62. The molecule has 0 fully saturated rings. The van der Waals surface area contributed by atoms with Crippen molar-refractivity contribution >= 4 is 17.4 Å². The lowest BCUT2D eigenvalue weighted by molar-refractivity contribution is 0.832. The molecule has 1 radical (unpaired) electrons. The highest BCUT2D eigenvalue weighted by Crippen LogP contribution is 2.19. The zero-order chi connectivity index (χ0) is 9.14. The minimum Gasteiger partial charge on any atom is -0.0587 e. The van der Waals surface area contributed by atoms with Crippen LogP contribution in [0.25, 0.3) is 0 Å². The predicted molar refractivity (Wildman–Crippen MR) is 63.4 cm³/mol. The molecule has 0 unspecified atom stereocenters. The first-order chi connectivity index (χ1) is 5.61. The first-order valence-electron chi connectivity index (χ1n) is 4.62. The Balaban J connectivity index is 0.00000144. The Morgan fingerprint density at radius 2 is 1.69 bits per heavy atom. The average Bonchev–Trinajstić information content (AvgIpc) is 2.04. The van der Waals surface area contributed by atoms with Crippen LogP contribution in [0, 0.1) is 6.07 Å². The second-order valence-corrected chi connectivity index (χ2v) is 3.89. The summed E-state index contributed by atoms with van der Waals surface area (Å²) >= 11 is 0. The highest BCUT2D eigenvalue weighted by molar-refractivity contribution is 5.75. The third kappa shape index (κ3) is 3.55. The summed E-state index contributed by atoms with van der Waals surface area (Å²) < 4.78 is 0. The number of benzene rings is 1. The van der Waals surface area contributed by atoms with E-state index in [1.165, 1.54) is 11.1 Å². The van der Waals surface area contributed by atoms with Crippen molar-refractivity contribution in [3.63, 3.8) is 0 Å². The summed E-state index contributed by atoms with van der Waals surface area (Å²) in [6.45, 7) is 8.85. The lowest BCUT2D eigenvalue weighted by atomic mass is 9.96. The summed E-state index contributed by atoms with van der Waals surface area (Å²) in [6, 6.07) is 9.70. The molecule has 1 aromatic rings. The van der Waals surface area contributed by atoms with Crippen LogP contribution >= 0.6 is 0 Å². The van der Waals surface area contributed by atoms with Crippen molar-refractivity contribution in [3.05, 3.63) is 35.4 Å². The van der Waals surface area contributed by atoms with Crippen molar-refractivity contribution < 1.29 is 0 Å². The van der Waals surface area contributed by atoms with Crippen LogP contribution in [0.4, 0.5) is 0 Å². The molecule has 0 saturated carbocycles. The summed E-state index contributed by atoms with van der Waals surface area (Å²) in [5, 5.41) is 0. The molecule has 0 amide bonds. The van der Waals surface area contributed by atoms with E-state index >= 15 is 0 Å². The van der Waals surface area contributed by atoms with Gasteiger partial charge in [0.1, 0.15) is 0 Å². The fraction of sp³-hybridized carbons (Fsp3) is 0.500. The second kappa shape index (κ2) is 5.48. The van der Waals surface area contributed by atoms with E-state index in [0.717, 1.165) is 0 Å². The van der Waals surface area contributed by atoms with Crippen molar-refractivity contribution in [2.45, 2.75) is 39.5 Å². The predicted octanol–water partition coefficient (Wildman–Crippen LogP) is 2.55. The van der Waals surface area contributed by atoms with Crippen LogP contribution in [-0.4, -0.2) is 17.4 Å². The monoisotopic (exact) mass is 191 g/mol. The number of hydrogen-bond donors (Lipinski definition) is 0. The van der Waals surface area contributed by atoms with Gasteiger partial charge in [-0.1, -0.05) is 45.9 Å². The van der Waals surface area contributed by atoms with E-state index in [-0.39, 0.29) is 17.4 Å². The van der Waals surface area contributed by atoms with Crippen molar-refractivity contribution in [2.75, 3.05) is 0 Å². The van der Waals surface area contributed by atoms with E-state index in [1.54, 1.807) is 0 Å². The Labute approximate surface area is 92.5 Å². The van der Waals surface area contributed by atoms with Crippen molar-refractivity contribution in [2.24, 2.45) is 0 Å². The van der Waals surface area contributed by atoms with Gasteiger partial charge >= 0.3 is 0 Å². The Bertz CT molecular complexity index is 228. The molecule has 1 heteroatoms. The molecule has 0 aromatic heterocycles. The molecule has 0 aliphatic heterocycles. The molecule has 0 heterocycles. The quantitative estimate of drug-likeness (QED) is 0.630. The maximum atomic E-state index is 3.26. The van der Waals surface area contributed by atoms with Gasteiger partial charge in [0, 0.05) is 0 Å². The highest BCUT2D eigenvalue weighted by atomic mass is 27.0. The van der Waals surface area contributed by atoms with Crippen molar-refractivity contribution in [3.8, 4) is 0 Å². The van der Waals surface area contributed by atoms with Crippen LogP contribution in [0.2, 0.25) is 0 Å². The van der Waals surface area contributed by atoms with Gasteiger partial charge in [-0.2, -0.15) is 0 Å². The van der Waals surface area contributed by atoms with E-state index in [9.17, 15) is 0 Å². The lowest BCUT2D eigenvalue weighted by Crippen LogP contribution is -1.92. The Hall–Kier alpha value is -0.248. The molecule has 0 nitrogen and oxygen atoms in total. The van der Waals surface area contributed by atoms with Crippen LogP contribution in [0.1, 0.15) is 50.7 Å². The fourth-order valence-corrected chi connectivity index (χ4v) is 1.20. The molecule has 71 valence electrons. The summed E-state index contributed by atoms with van der Waals surface area (Å²) in [6.07, 6.45) is 0. The van der Waals surface area contributed by atoms with E-state index in [2.05, 4.69) is 45.9 Å². The zero-order valence-corrected chi connectivity index (χ0v) is 8.39. The summed E-state index contributed by atoms with van der Waals surface area (Å²) in [7, 11) is 0. The molecule has 0 N–H and O–H groups in total. The van der Waals surface area contributed by atoms with Gasteiger partial charge in [0.05, 0.1) is 0 Å². The summed E-state index contributed by atoms with van der Waals surface area (Å²) in [5.74, 6) is 1.21. The van der Waals surface area contributed by atoms with Gasteiger partial charge in [-0.15, -0.1) is 0 Å². The van der Waals surface area contributed by atoms with E-state index in [0.29, 0.717) is 11.8 Å². The van der Waals surface area contributed by atoms with Crippen molar-refractivity contribution in [1.29, 1.82) is 0 Å². The number of hydrogen-bond acceptors (Lipinski definition) is 0. The van der Waals surface area contributed by atoms with Gasteiger partial charge < -0.3 is 0 Å². The van der Waals surface area contributed by atoms with E-state index in [1.807, 2.05) is 6.07 Å². The van der Waals surface area contributed by atoms with Gasteiger partial charge in [-0.05, 0) is 29.0 Å². The fourth-order valence-electron chi connectivity index (χ4n) is 1.20. The molecule has 1 aromatic carbocycles. The number of rotatable bonds is 2. The first kappa shape index (κ1) is 12.8. The largest absolute Gasteiger partial charge is 0.187 e. The third-order valence-electron chi connectivity index (χ3n) is 2.14. The third-order valence-corrected chi connectivity index (χ3v) is 2.14. The van der Waals surface area contributed by atoms with Crippen LogP contribution in [0.15, 0.2) is 18.2 Å². The van der Waals surface area contributed by atoms with E-state index < -0.39 is 0 Å². The molecular weight excluding hydrogens is 171 g/mol. The minimum atomic E-state index is 0. The Morgan fingerprint density at radius 3 is 2.15 bits per heavy atom.